The molecule has 1 aromatic carbocycles. The summed E-state index contributed by atoms with van der Waals surface area (Å²) in [4.78, 5) is 0. The third kappa shape index (κ3) is 2.59. The Bertz CT molecular complexity index is 369. The average Bonchev–Trinajstić information content (AvgIpc) is 2.68. The summed E-state index contributed by atoms with van der Waals surface area (Å²) in [5, 5.41) is 0. The summed E-state index contributed by atoms with van der Waals surface area (Å²) in [6.07, 6.45) is -1.66. The second kappa shape index (κ2) is 5.21. The molecular formula is C12H14BrF3. The Labute approximate surface area is 102 Å². The third-order valence-electron chi connectivity index (χ3n) is 2.52. The predicted molar refractivity (Wildman–Crippen MR) is 62.5 cm³/mol. The number of halogens is 4. The van der Waals surface area contributed by atoms with Crippen LogP contribution >= 0.6 is 15.9 Å². The number of rotatable bonds is 0. The number of hydrogen-bond acceptors (Lipinski definition) is 0. The molecule has 0 spiro atoms. The minimum Gasteiger partial charge on any atom is -0.166 e. The molecule has 2 rings (SSSR count). The molecule has 0 bridgehead atoms. The van der Waals surface area contributed by atoms with Crippen LogP contribution < -0.4 is 0 Å². The molecule has 0 aromatic heterocycles. The molecule has 0 N–H and O–H groups in total. The number of fused-ring (bicyclic) bond motifs is 1. The maximum atomic E-state index is 12.5. The van der Waals surface area contributed by atoms with Gasteiger partial charge in [0.05, 0.1) is 5.56 Å². The Morgan fingerprint density at radius 2 is 1.75 bits per heavy atom. The van der Waals surface area contributed by atoms with Crippen LogP contribution in [0.1, 0.15) is 37.0 Å². The van der Waals surface area contributed by atoms with Gasteiger partial charge in [0.1, 0.15) is 0 Å². The fraction of sp³-hybridized carbons (Fsp3) is 0.500. The lowest BCUT2D eigenvalue weighted by atomic mass is 10.1. The number of benzene rings is 1. The highest BCUT2D eigenvalue weighted by molar-refractivity contribution is 9.10. The topological polar surface area (TPSA) is 0 Å². The summed E-state index contributed by atoms with van der Waals surface area (Å²) < 4.78 is 37.7. The first kappa shape index (κ1) is 13.6. The monoisotopic (exact) mass is 294 g/mol. The predicted octanol–water partition coefficient (Wildman–Crippen LogP) is 4.98. The van der Waals surface area contributed by atoms with Crippen LogP contribution in [0.2, 0.25) is 0 Å². The summed E-state index contributed by atoms with van der Waals surface area (Å²) in [5.74, 6) is 0. The van der Waals surface area contributed by atoms with Gasteiger partial charge < -0.3 is 0 Å². The van der Waals surface area contributed by atoms with Crippen molar-refractivity contribution >= 4 is 15.9 Å². The molecule has 0 amide bonds. The van der Waals surface area contributed by atoms with Crippen molar-refractivity contribution in [3.63, 3.8) is 0 Å². The molecule has 0 heterocycles. The number of hydrogen-bond donors (Lipinski definition) is 0. The van der Waals surface area contributed by atoms with Crippen molar-refractivity contribution in [1.29, 1.82) is 0 Å². The SMILES string of the molecule is CC.FC(F)(F)c1ccc2c(c1Br)CCC2. The van der Waals surface area contributed by atoms with E-state index in [0.29, 0.717) is 0 Å². The highest BCUT2D eigenvalue weighted by Crippen LogP contribution is 2.40. The summed E-state index contributed by atoms with van der Waals surface area (Å²) in [5.41, 5.74) is 1.32. The van der Waals surface area contributed by atoms with Crippen molar-refractivity contribution in [2.24, 2.45) is 0 Å². The molecule has 0 fully saturated rings. The molecule has 0 atom stereocenters. The van der Waals surface area contributed by atoms with E-state index < -0.39 is 11.7 Å². The Morgan fingerprint density at radius 3 is 2.31 bits per heavy atom. The highest BCUT2D eigenvalue weighted by Gasteiger charge is 2.34. The molecule has 1 aromatic rings. The van der Waals surface area contributed by atoms with Gasteiger partial charge in [0.2, 0.25) is 0 Å². The Morgan fingerprint density at radius 1 is 1.12 bits per heavy atom. The highest BCUT2D eigenvalue weighted by atomic mass is 79.9. The molecular weight excluding hydrogens is 281 g/mol. The Hall–Kier alpha value is -0.510. The van der Waals surface area contributed by atoms with Crippen LogP contribution in [-0.2, 0) is 19.0 Å². The van der Waals surface area contributed by atoms with Crippen LogP contribution in [0, 0.1) is 0 Å². The van der Waals surface area contributed by atoms with Crippen LogP contribution in [-0.4, -0.2) is 0 Å². The van der Waals surface area contributed by atoms with Gasteiger partial charge in [0.15, 0.2) is 0 Å². The maximum absolute atomic E-state index is 12.5. The second-order valence-corrected chi connectivity index (χ2v) is 4.21. The zero-order valence-electron chi connectivity index (χ0n) is 9.29. The molecule has 0 unspecified atom stereocenters. The van der Waals surface area contributed by atoms with Gasteiger partial charge in [-0.2, -0.15) is 13.2 Å². The van der Waals surface area contributed by atoms with Crippen molar-refractivity contribution in [3.8, 4) is 0 Å². The standard InChI is InChI=1S/C10H8BrF3.C2H6/c11-9-7-3-1-2-6(7)4-5-8(9)10(12,13)14;1-2/h4-5H,1-3H2;1-2H3. The van der Waals surface area contributed by atoms with E-state index in [0.717, 1.165) is 36.5 Å². The van der Waals surface area contributed by atoms with E-state index in [-0.39, 0.29) is 4.47 Å². The van der Waals surface area contributed by atoms with E-state index in [1.54, 1.807) is 6.07 Å². The third-order valence-corrected chi connectivity index (χ3v) is 3.42. The second-order valence-electron chi connectivity index (χ2n) is 3.42. The fourth-order valence-electron chi connectivity index (χ4n) is 1.84. The minimum absolute atomic E-state index is 0.236. The number of aryl methyl sites for hydroxylation is 1. The van der Waals surface area contributed by atoms with E-state index in [2.05, 4.69) is 15.9 Å². The maximum Gasteiger partial charge on any atom is 0.417 e. The quantitative estimate of drug-likeness (QED) is 0.633. The van der Waals surface area contributed by atoms with Gasteiger partial charge in [-0.25, -0.2) is 0 Å². The lowest BCUT2D eigenvalue weighted by Gasteiger charge is -2.12. The van der Waals surface area contributed by atoms with E-state index in [9.17, 15) is 13.2 Å². The van der Waals surface area contributed by atoms with Crippen LogP contribution in [0.5, 0.6) is 0 Å². The fourth-order valence-corrected chi connectivity index (χ4v) is 2.65. The molecule has 4 heteroatoms. The summed E-state index contributed by atoms with van der Waals surface area (Å²) in [7, 11) is 0. The van der Waals surface area contributed by atoms with E-state index in [1.165, 1.54) is 0 Å². The van der Waals surface area contributed by atoms with Crippen molar-refractivity contribution < 1.29 is 13.2 Å². The molecule has 0 saturated heterocycles. The minimum atomic E-state index is -4.25. The number of alkyl halides is 3. The van der Waals surface area contributed by atoms with Gasteiger partial charge in [0, 0.05) is 4.47 Å². The van der Waals surface area contributed by atoms with Crippen LogP contribution in [0.15, 0.2) is 16.6 Å². The molecule has 90 valence electrons. The molecule has 0 nitrogen and oxygen atoms in total. The van der Waals surface area contributed by atoms with Crippen LogP contribution in [0.4, 0.5) is 13.2 Å². The molecule has 0 aliphatic heterocycles. The summed E-state index contributed by atoms with van der Waals surface area (Å²) >= 11 is 3.05. The summed E-state index contributed by atoms with van der Waals surface area (Å²) in [6.45, 7) is 4.00. The van der Waals surface area contributed by atoms with Crippen molar-refractivity contribution in [1.82, 2.24) is 0 Å². The molecule has 16 heavy (non-hydrogen) atoms. The van der Waals surface area contributed by atoms with Gasteiger partial charge in [0.25, 0.3) is 0 Å². The Kier molecular flexibility index (Phi) is 4.42. The molecule has 1 aliphatic rings. The van der Waals surface area contributed by atoms with E-state index in [1.807, 2.05) is 13.8 Å². The first-order chi connectivity index (χ1) is 7.50. The van der Waals surface area contributed by atoms with Gasteiger partial charge >= 0.3 is 6.18 Å². The van der Waals surface area contributed by atoms with Gasteiger partial charge in [-0.05, 0) is 52.4 Å². The first-order valence-electron chi connectivity index (χ1n) is 5.37. The van der Waals surface area contributed by atoms with E-state index >= 15 is 0 Å². The zero-order valence-corrected chi connectivity index (χ0v) is 10.9. The van der Waals surface area contributed by atoms with Crippen LogP contribution in [0.25, 0.3) is 0 Å². The molecule has 0 saturated carbocycles. The van der Waals surface area contributed by atoms with Crippen molar-refractivity contribution in [2.75, 3.05) is 0 Å². The average molecular weight is 295 g/mol. The lowest BCUT2D eigenvalue weighted by molar-refractivity contribution is -0.138. The normalized spacial score (nSPS) is 14.1. The van der Waals surface area contributed by atoms with Crippen LogP contribution in [0.3, 0.4) is 0 Å². The van der Waals surface area contributed by atoms with Gasteiger partial charge in [-0.1, -0.05) is 19.9 Å². The largest absolute Gasteiger partial charge is 0.417 e. The van der Waals surface area contributed by atoms with Gasteiger partial charge in [-0.3, -0.25) is 0 Å². The lowest BCUT2D eigenvalue weighted by Crippen LogP contribution is -2.07. The first-order valence-corrected chi connectivity index (χ1v) is 6.17. The zero-order chi connectivity index (χ0) is 12.3. The molecule has 0 radical (unpaired) electrons. The van der Waals surface area contributed by atoms with Crippen molar-refractivity contribution in [3.05, 3.63) is 33.3 Å². The van der Waals surface area contributed by atoms with E-state index in [4.69, 9.17) is 0 Å². The molecule has 1 aliphatic carbocycles. The van der Waals surface area contributed by atoms with Crippen molar-refractivity contribution in [2.45, 2.75) is 39.3 Å². The summed E-state index contributed by atoms with van der Waals surface area (Å²) in [6, 6.07) is 2.75. The smallest absolute Gasteiger partial charge is 0.166 e. The Balaban J connectivity index is 0.000000606. The van der Waals surface area contributed by atoms with Gasteiger partial charge in [-0.15, -0.1) is 0 Å².